The maximum Gasteiger partial charge on any atom is 0.408 e. The number of nitrogens with zero attached hydrogens (tertiary/aromatic N) is 2. The third-order valence-corrected chi connectivity index (χ3v) is 6.72. The number of amides is 2. The van der Waals surface area contributed by atoms with Gasteiger partial charge in [-0.25, -0.2) is 14.6 Å². The van der Waals surface area contributed by atoms with E-state index in [4.69, 9.17) is 18.9 Å². The van der Waals surface area contributed by atoms with Gasteiger partial charge < -0.3 is 34.1 Å². The molecule has 238 valence electrons. The van der Waals surface area contributed by atoms with Crippen molar-refractivity contribution >= 4 is 18.0 Å². The van der Waals surface area contributed by atoms with Gasteiger partial charge in [-0.3, -0.25) is 4.79 Å². The molecule has 3 aromatic rings. The topological polar surface area (TPSA) is 130 Å². The minimum absolute atomic E-state index is 0.0725. The average Bonchev–Trinajstić information content (AvgIpc) is 3.48. The Morgan fingerprint density at radius 1 is 1.00 bits per heavy atom. The van der Waals surface area contributed by atoms with Crippen LogP contribution in [0.4, 0.5) is 4.79 Å². The first-order chi connectivity index (χ1) is 20.9. The predicted octanol–water partition coefficient (Wildman–Crippen LogP) is 4.63. The Morgan fingerprint density at radius 3 is 2.32 bits per heavy atom. The van der Waals surface area contributed by atoms with Gasteiger partial charge in [0.25, 0.3) is 0 Å². The van der Waals surface area contributed by atoms with Crippen molar-refractivity contribution < 1.29 is 33.3 Å². The van der Waals surface area contributed by atoms with Gasteiger partial charge in [0.05, 0.1) is 6.33 Å². The first-order valence-electron chi connectivity index (χ1n) is 14.6. The minimum Gasteiger partial charge on any atom is -0.468 e. The summed E-state index contributed by atoms with van der Waals surface area (Å²) in [4.78, 5) is 44.0. The second kappa shape index (κ2) is 16.5. The lowest BCUT2D eigenvalue weighted by Gasteiger charge is -2.26. The second-order valence-corrected chi connectivity index (χ2v) is 11.6. The molecule has 2 atom stereocenters. The number of carbonyl (C=O) groups is 3. The number of rotatable bonds is 15. The standard InChI is InChI=1S/C33H44N4O7/c1-23-17-26(43-22-41-6)18-24(2)27(23)19-29(36-32(40)44-33(3,4)5)30(38)35-28(13-10-15-37-16-14-34-21-37)31(39)42-20-25-11-8-7-9-12-25/h7-9,11-12,14,16-18,21,28-29H,10,13,15,19-20,22H2,1-6H3,(H,35,38)(H,36,40)/t28-,29+/m1/s1. The number of carbonyl (C=O) groups excluding carboxylic acids is 3. The Labute approximate surface area is 259 Å². The Morgan fingerprint density at radius 2 is 1.70 bits per heavy atom. The maximum absolute atomic E-state index is 13.8. The Balaban J connectivity index is 1.81. The fraction of sp³-hybridized carbons (Fsp3) is 0.455. The molecule has 1 aromatic heterocycles. The van der Waals surface area contributed by atoms with E-state index in [1.807, 2.05) is 67.1 Å². The van der Waals surface area contributed by atoms with Gasteiger partial charge in [0.1, 0.15) is 30.0 Å². The van der Waals surface area contributed by atoms with Crippen molar-refractivity contribution in [2.45, 2.75) is 84.7 Å². The fourth-order valence-electron chi connectivity index (χ4n) is 4.60. The summed E-state index contributed by atoms with van der Waals surface area (Å²) in [6.07, 6.45) is 5.52. The number of alkyl carbamates (subject to hydrolysis) is 1. The quantitative estimate of drug-likeness (QED) is 0.189. The molecule has 0 aliphatic heterocycles. The van der Waals surface area contributed by atoms with Crippen LogP contribution in [0.3, 0.4) is 0 Å². The van der Waals surface area contributed by atoms with E-state index >= 15 is 0 Å². The molecule has 1 heterocycles. The van der Waals surface area contributed by atoms with Crippen molar-refractivity contribution in [2.75, 3.05) is 13.9 Å². The molecule has 0 unspecified atom stereocenters. The van der Waals surface area contributed by atoms with Crippen molar-refractivity contribution in [2.24, 2.45) is 0 Å². The normalized spacial score (nSPS) is 12.6. The monoisotopic (exact) mass is 608 g/mol. The Bertz CT molecular complexity index is 1330. The summed E-state index contributed by atoms with van der Waals surface area (Å²) >= 11 is 0. The van der Waals surface area contributed by atoms with Crippen LogP contribution in [-0.2, 0) is 43.4 Å². The van der Waals surface area contributed by atoms with Gasteiger partial charge in [0.2, 0.25) is 5.91 Å². The van der Waals surface area contributed by atoms with Crippen molar-refractivity contribution in [3.8, 4) is 5.75 Å². The van der Waals surface area contributed by atoms with Gasteiger partial charge in [-0.05, 0) is 81.8 Å². The lowest BCUT2D eigenvalue weighted by atomic mass is 9.95. The van der Waals surface area contributed by atoms with Gasteiger partial charge in [0.15, 0.2) is 6.79 Å². The van der Waals surface area contributed by atoms with Crippen molar-refractivity contribution in [3.63, 3.8) is 0 Å². The Hall–Kier alpha value is -4.38. The molecular weight excluding hydrogens is 564 g/mol. The highest BCUT2D eigenvalue weighted by molar-refractivity contribution is 5.90. The zero-order chi connectivity index (χ0) is 32.1. The van der Waals surface area contributed by atoms with E-state index in [2.05, 4.69) is 15.6 Å². The number of benzene rings is 2. The molecule has 0 aliphatic rings. The molecule has 44 heavy (non-hydrogen) atoms. The molecule has 0 spiro atoms. The number of hydrogen-bond donors (Lipinski definition) is 2. The second-order valence-electron chi connectivity index (χ2n) is 11.6. The van der Waals surface area contributed by atoms with Gasteiger partial charge in [-0.1, -0.05) is 30.3 Å². The average molecular weight is 609 g/mol. The molecule has 11 nitrogen and oxygen atoms in total. The minimum atomic E-state index is -1.04. The van der Waals surface area contributed by atoms with Crippen LogP contribution in [-0.4, -0.2) is 59.1 Å². The van der Waals surface area contributed by atoms with Crippen molar-refractivity contribution in [1.82, 2.24) is 20.2 Å². The molecule has 2 aromatic carbocycles. The van der Waals surface area contributed by atoms with Crippen molar-refractivity contribution in [3.05, 3.63) is 83.4 Å². The number of hydrogen-bond acceptors (Lipinski definition) is 8. The molecule has 3 rings (SSSR count). The van der Waals surface area contributed by atoms with Crippen LogP contribution >= 0.6 is 0 Å². The summed E-state index contributed by atoms with van der Waals surface area (Å²) in [7, 11) is 1.54. The summed E-state index contributed by atoms with van der Waals surface area (Å²) in [6.45, 7) is 9.83. The first-order valence-corrected chi connectivity index (χ1v) is 14.6. The number of ether oxygens (including phenoxy) is 4. The predicted molar refractivity (Wildman–Crippen MR) is 165 cm³/mol. The van der Waals surface area contributed by atoms with Crippen LogP contribution < -0.4 is 15.4 Å². The molecule has 2 amide bonds. The molecular formula is C33H44N4O7. The highest BCUT2D eigenvalue weighted by Gasteiger charge is 2.30. The molecule has 0 fully saturated rings. The molecule has 0 saturated carbocycles. The summed E-state index contributed by atoms with van der Waals surface area (Å²) in [5.41, 5.74) is 2.67. The largest absolute Gasteiger partial charge is 0.468 e. The van der Waals surface area contributed by atoms with Crippen LogP contribution in [0, 0.1) is 13.8 Å². The third kappa shape index (κ3) is 11.4. The van der Waals surface area contributed by atoms with Gasteiger partial charge >= 0.3 is 12.1 Å². The number of esters is 1. The van der Waals surface area contributed by atoms with E-state index in [-0.39, 0.29) is 19.8 Å². The molecule has 0 aliphatic carbocycles. The van der Waals surface area contributed by atoms with Gasteiger partial charge in [-0.15, -0.1) is 0 Å². The zero-order valence-corrected chi connectivity index (χ0v) is 26.4. The summed E-state index contributed by atoms with van der Waals surface area (Å²) in [6, 6.07) is 11.0. The zero-order valence-electron chi connectivity index (χ0n) is 26.4. The molecule has 2 N–H and O–H groups in total. The number of nitrogens with one attached hydrogen (secondary N) is 2. The third-order valence-electron chi connectivity index (χ3n) is 6.72. The van der Waals surface area contributed by atoms with E-state index in [0.29, 0.717) is 25.1 Å². The van der Waals surface area contributed by atoms with Crippen LogP contribution in [0.5, 0.6) is 5.75 Å². The van der Waals surface area contributed by atoms with E-state index in [0.717, 1.165) is 22.3 Å². The number of aryl methyl sites for hydroxylation is 3. The highest BCUT2D eigenvalue weighted by Crippen LogP contribution is 2.24. The highest BCUT2D eigenvalue weighted by atomic mass is 16.7. The lowest BCUT2D eigenvalue weighted by molar-refractivity contribution is -0.149. The lowest BCUT2D eigenvalue weighted by Crippen LogP contribution is -2.53. The number of imidazole rings is 1. The first kappa shape index (κ1) is 34.1. The van der Waals surface area contributed by atoms with E-state index in [1.54, 1.807) is 40.4 Å². The van der Waals surface area contributed by atoms with Gasteiger partial charge in [-0.2, -0.15) is 0 Å². The summed E-state index contributed by atoms with van der Waals surface area (Å²) in [5, 5.41) is 5.57. The smallest absolute Gasteiger partial charge is 0.408 e. The fourth-order valence-corrected chi connectivity index (χ4v) is 4.60. The molecule has 0 saturated heterocycles. The van der Waals surface area contributed by atoms with Crippen LogP contribution in [0.25, 0.3) is 0 Å². The molecule has 11 heteroatoms. The molecule has 0 radical (unpaired) electrons. The molecule has 0 bridgehead atoms. The van der Waals surface area contributed by atoms with Crippen LogP contribution in [0.2, 0.25) is 0 Å². The van der Waals surface area contributed by atoms with E-state index in [9.17, 15) is 14.4 Å². The number of methoxy groups -OCH3 is 1. The van der Waals surface area contributed by atoms with Crippen LogP contribution in [0.15, 0.2) is 61.2 Å². The summed E-state index contributed by atoms with van der Waals surface area (Å²) in [5.74, 6) is -0.458. The SMILES string of the molecule is COCOc1cc(C)c(C[C@H](NC(=O)OC(C)(C)C)C(=O)N[C@H](CCCn2ccnc2)C(=O)OCc2ccccc2)c(C)c1. The van der Waals surface area contributed by atoms with E-state index in [1.165, 1.54) is 0 Å². The number of aromatic nitrogens is 2. The maximum atomic E-state index is 13.8. The Kier molecular flexibility index (Phi) is 12.8. The van der Waals surface area contributed by atoms with E-state index < -0.39 is 35.7 Å². The van der Waals surface area contributed by atoms with Gasteiger partial charge in [0, 0.05) is 32.5 Å². The summed E-state index contributed by atoms with van der Waals surface area (Å²) < 4.78 is 23.6. The van der Waals surface area contributed by atoms with Crippen molar-refractivity contribution in [1.29, 1.82) is 0 Å². The van der Waals surface area contributed by atoms with Crippen LogP contribution in [0.1, 0.15) is 55.9 Å².